The third-order valence-corrected chi connectivity index (χ3v) is 12.6. The lowest BCUT2D eigenvalue weighted by molar-refractivity contribution is -0.137. The summed E-state index contributed by atoms with van der Waals surface area (Å²) >= 11 is 0. The van der Waals surface area contributed by atoms with Crippen LogP contribution in [0.1, 0.15) is 73.9 Å². The fraction of sp³-hybridized carbons (Fsp3) is 0.362. The summed E-state index contributed by atoms with van der Waals surface area (Å²) in [5, 5.41) is 15.6. The molecule has 3 aliphatic rings. The molecule has 3 aromatic carbocycles. The van der Waals surface area contributed by atoms with Gasteiger partial charge in [-0.1, -0.05) is 66.7 Å². The number of carbonyl (C=O) groups is 4. The number of H-pyrrole nitrogens is 2. The molecule has 64 heavy (non-hydrogen) atoms. The van der Waals surface area contributed by atoms with E-state index in [1.54, 1.807) is 17.3 Å². The standard InChI is InChI=1S/C47H50N10O7/c1-62-46(60)52-40(30-8-4-3-5-9-30)44(58)56-20-6-10-38(56)42-48-26-36(50-42)29-14-12-28(13-15-29)34-24-32-16-17-33(25-35(32)55-54-34)37-27-49-43(51-37)39-11-7-21-57(39)45(59)41(53-47(61)63-2)31-18-22-64-23-19-31/h3-5,8-9,12-17,24-27,31,38-41H,6-7,10-11,18-23H2,1-2H3,(H,48,50)(H,49,51)(H,52,60)(H,53,61). The maximum Gasteiger partial charge on any atom is 0.407 e. The topological polar surface area (TPSA) is 210 Å². The molecular weight excluding hydrogens is 817 g/mol. The predicted molar refractivity (Wildman–Crippen MR) is 235 cm³/mol. The number of amides is 4. The zero-order valence-electron chi connectivity index (χ0n) is 35.7. The van der Waals surface area contributed by atoms with Crippen molar-refractivity contribution in [2.24, 2.45) is 5.92 Å². The first-order valence-electron chi connectivity index (χ1n) is 21.7. The molecule has 6 heterocycles. The van der Waals surface area contributed by atoms with Gasteiger partial charge < -0.3 is 44.6 Å². The molecule has 3 saturated heterocycles. The van der Waals surface area contributed by atoms with Gasteiger partial charge in [0.1, 0.15) is 23.7 Å². The number of hydrogen-bond donors (Lipinski definition) is 4. The molecule has 4 atom stereocenters. The smallest absolute Gasteiger partial charge is 0.407 e. The molecule has 0 radical (unpaired) electrons. The highest BCUT2D eigenvalue weighted by Gasteiger charge is 2.40. The molecule has 0 saturated carbocycles. The highest BCUT2D eigenvalue weighted by atomic mass is 16.5. The van der Waals surface area contributed by atoms with Crippen LogP contribution >= 0.6 is 0 Å². The van der Waals surface area contributed by atoms with Crippen molar-refractivity contribution in [1.82, 2.24) is 50.6 Å². The number of benzene rings is 3. The van der Waals surface area contributed by atoms with Crippen molar-refractivity contribution in [2.45, 2.75) is 62.7 Å². The fourth-order valence-corrected chi connectivity index (χ4v) is 9.17. The van der Waals surface area contributed by atoms with Crippen LogP contribution in [-0.4, -0.2) is 110 Å². The van der Waals surface area contributed by atoms with E-state index in [2.05, 4.69) is 30.8 Å². The van der Waals surface area contributed by atoms with Gasteiger partial charge in [0.2, 0.25) is 5.91 Å². The van der Waals surface area contributed by atoms with Crippen molar-refractivity contribution in [2.75, 3.05) is 40.5 Å². The van der Waals surface area contributed by atoms with Gasteiger partial charge >= 0.3 is 12.2 Å². The van der Waals surface area contributed by atoms with E-state index in [9.17, 15) is 19.2 Å². The van der Waals surface area contributed by atoms with Crippen molar-refractivity contribution in [3.8, 4) is 33.8 Å². The number of ether oxygens (including phenoxy) is 3. The molecule has 4 N–H and O–H groups in total. The number of nitrogens with zero attached hydrogens (tertiary/aromatic N) is 6. The van der Waals surface area contributed by atoms with Crippen molar-refractivity contribution in [3.05, 3.63) is 108 Å². The Hall–Kier alpha value is -7.14. The van der Waals surface area contributed by atoms with Crippen molar-refractivity contribution >= 4 is 34.9 Å². The second-order valence-corrected chi connectivity index (χ2v) is 16.4. The molecule has 0 bridgehead atoms. The number of carbonyl (C=O) groups excluding carboxylic acids is 4. The third kappa shape index (κ3) is 8.75. The maximum atomic E-state index is 14.0. The van der Waals surface area contributed by atoms with Crippen LogP contribution in [0, 0.1) is 5.92 Å². The summed E-state index contributed by atoms with van der Waals surface area (Å²) in [4.78, 5) is 72.4. The number of nitrogens with one attached hydrogen (secondary N) is 4. The van der Waals surface area contributed by atoms with Gasteiger partial charge in [-0.3, -0.25) is 9.59 Å². The molecule has 0 aliphatic carbocycles. The molecule has 17 heteroatoms. The number of hydrogen-bond acceptors (Lipinski definition) is 11. The van der Waals surface area contributed by atoms with E-state index >= 15 is 0 Å². The average Bonchev–Trinajstić information content (AvgIpc) is 4.20. The van der Waals surface area contributed by atoms with Crippen molar-refractivity contribution in [1.29, 1.82) is 0 Å². The zero-order valence-corrected chi connectivity index (χ0v) is 35.7. The van der Waals surface area contributed by atoms with E-state index in [0.717, 1.165) is 70.4 Å². The molecule has 17 nitrogen and oxygen atoms in total. The van der Waals surface area contributed by atoms with Crippen LogP contribution in [0.2, 0.25) is 0 Å². The van der Waals surface area contributed by atoms with Gasteiger partial charge in [-0.2, -0.15) is 0 Å². The summed E-state index contributed by atoms with van der Waals surface area (Å²) in [6.07, 6.45) is 6.74. The van der Waals surface area contributed by atoms with Crippen molar-refractivity contribution < 1.29 is 33.4 Å². The number of imidazole rings is 2. The van der Waals surface area contributed by atoms with Gasteiger partial charge in [0.25, 0.3) is 5.91 Å². The van der Waals surface area contributed by atoms with Crippen molar-refractivity contribution in [3.63, 3.8) is 0 Å². The first-order valence-corrected chi connectivity index (χ1v) is 21.7. The van der Waals surface area contributed by atoms with E-state index in [0.29, 0.717) is 56.4 Å². The summed E-state index contributed by atoms with van der Waals surface area (Å²) in [5.41, 5.74) is 6.44. The van der Waals surface area contributed by atoms with Gasteiger partial charge in [-0.25, -0.2) is 19.6 Å². The van der Waals surface area contributed by atoms with Crippen LogP contribution in [-0.2, 0) is 23.8 Å². The van der Waals surface area contributed by atoms with Crippen LogP contribution in [0.15, 0.2) is 91.3 Å². The average molecular weight is 867 g/mol. The maximum absolute atomic E-state index is 14.0. The van der Waals surface area contributed by atoms with Gasteiger partial charge in [0.05, 0.1) is 61.3 Å². The van der Waals surface area contributed by atoms with Gasteiger partial charge in [-0.15, -0.1) is 10.2 Å². The van der Waals surface area contributed by atoms with Gasteiger partial charge in [-0.05, 0) is 67.7 Å². The Bertz CT molecular complexity index is 2630. The third-order valence-electron chi connectivity index (χ3n) is 12.6. The van der Waals surface area contributed by atoms with Crippen LogP contribution in [0.5, 0.6) is 0 Å². The Balaban J connectivity index is 0.868. The monoisotopic (exact) mass is 866 g/mol. The minimum absolute atomic E-state index is 0.0433. The zero-order chi connectivity index (χ0) is 44.2. The Kier molecular flexibility index (Phi) is 12.3. The molecular formula is C47H50N10O7. The molecule has 0 spiro atoms. The number of alkyl carbamates (subject to hydrolysis) is 2. The molecule has 9 rings (SSSR count). The number of rotatable bonds is 11. The molecule has 3 aliphatic heterocycles. The minimum atomic E-state index is -0.893. The molecule has 3 aromatic heterocycles. The molecule has 4 unspecified atom stereocenters. The summed E-state index contributed by atoms with van der Waals surface area (Å²) in [5.74, 6) is 0.974. The molecule has 330 valence electrons. The lowest BCUT2D eigenvalue weighted by Gasteiger charge is -2.34. The summed E-state index contributed by atoms with van der Waals surface area (Å²) < 4.78 is 15.2. The van der Waals surface area contributed by atoms with E-state index < -0.39 is 24.3 Å². The quantitative estimate of drug-likeness (QED) is 0.108. The molecule has 3 fully saturated rings. The SMILES string of the molecule is COC(=O)NC(C(=O)N1CCCC1c1ncc(-c2ccc(-c3cc4ccc(-c5cnc(C6CCCN6C(=O)C(NC(=O)OC)C6CCOCC6)[nH]5)cc4nn3)cc2)[nH]1)c1ccccc1. The van der Waals surface area contributed by atoms with Gasteiger partial charge in [0, 0.05) is 42.8 Å². The number of fused-ring (bicyclic) bond motifs is 1. The lowest BCUT2D eigenvalue weighted by Crippen LogP contribution is -2.53. The largest absolute Gasteiger partial charge is 0.453 e. The van der Waals surface area contributed by atoms with E-state index in [-0.39, 0.29) is 29.8 Å². The second-order valence-electron chi connectivity index (χ2n) is 16.4. The Morgan fingerprint density at radius 1 is 0.688 bits per heavy atom. The number of aromatic amines is 2. The fourth-order valence-electron chi connectivity index (χ4n) is 9.17. The number of likely N-dealkylation sites (tertiary alicyclic amines) is 2. The van der Waals surface area contributed by atoms with Crippen LogP contribution in [0.25, 0.3) is 44.7 Å². The van der Waals surface area contributed by atoms with Gasteiger partial charge in [0.15, 0.2) is 0 Å². The summed E-state index contributed by atoms with van der Waals surface area (Å²) in [7, 11) is 2.58. The molecule has 6 aromatic rings. The lowest BCUT2D eigenvalue weighted by atomic mass is 9.90. The predicted octanol–water partition coefficient (Wildman–Crippen LogP) is 6.65. The first-order chi connectivity index (χ1) is 31.3. The Labute approximate surface area is 369 Å². The van der Waals surface area contributed by atoms with E-state index in [4.69, 9.17) is 24.2 Å². The van der Waals surface area contributed by atoms with E-state index in [1.807, 2.05) is 83.8 Å². The number of methoxy groups -OCH3 is 2. The Morgan fingerprint density at radius 3 is 1.94 bits per heavy atom. The summed E-state index contributed by atoms with van der Waals surface area (Å²) in [6, 6.07) is 23.0. The molecule has 4 amide bonds. The van der Waals surface area contributed by atoms with Crippen LogP contribution in [0.3, 0.4) is 0 Å². The second kappa shape index (κ2) is 18.7. The minimum Gasteiger partial charge on any atom is -0.453 e. The normalized spacial score (nSPS) is 18.7. The van der Waals surface area contributed by atoms with Crippen LogP contribution in [0.4, 0.5) is 9.59 Å². The van der Waals surface area contributed by atoms with Crippen LogP contribution < -0.4 is 10.6 Å². The van der Waals surface area contributed by atoms with E-state index in [1.165, 1.54) is 14.2 Å². The first kappa shape index (κ1) is 42.2. The summed E-state index contributed by atoms with van der Waals surface area (Å²) in [6.45, 7) is 2.21. The highest BCUT2D eigenvalue weighted by molar-refractivity contribution is 5.88. The Morgan fingerprint density at radius 2 is 1.28 bits per heavy atom. The highest BCUT2D eigenvalue weighted by Crippen LogP contribution is 2.36. The number of aromatic nitrogens is 6.